The summed E-state index contributed by atoms with van der Waals surface area (Å²) >= 11 is 0. The lowest BCUT2D eigenvalue weighted by molar-refractivity contribution is 0.0954. The van der Waals surface area contributed by atoms with Crippen LogP contribution in [0, 0.1) is 5.82 Å². The van der Waals surface area contributed by atoms with E-state index in [-0.39, 0.29) is 11.7 Å². The summed E-state index contributed by atoms with van der Waals surface area (Å²) in [5.74, 6) is 1.84. The van der Waals surface area contributed by atoms with Gasteiger partial charge in [0.2, 0.25) is 0 Å². The molecule has 4 rings (SSSR count). The number of nitrogens with zero attached hydrogens (tertiary/aromatic N) is 2. The number of imidazole rings is 1. The van der Waals surface area contributed by atoms with Crippen LogP contribution in [0.1, 0.15) is 60.8 Å². The van der Waals surface area contributed by atoms with Crippen molar-refractivity contribution in [1.82, 2.24) is 14.9 Å². The summed E-state index contributed by atoms with van der Waals surface area (Å²) in [4.78, 5) is 17.2. The molecule has 5 nitrogen and oxygen atoms in total. The van der Waals surface area contributed by atoms with Gasteiger partial charge in [-0.05, 0) is 79.3 Å². The third-order valence-corrected chi connectivity index (χ3v) is 6.58. The number of amides is 1. The number of hydrogen-bond donors (Lipinski definition) is 1. The molecule has 188 valence electrons. The molecule has 0 aliphatic heterocycles. The fourth-order valence-electron chi connectivity index (χ4n) is 4.25. The van der Waals surface area contributed by atoms with Crippen molar-refractivity contribution in [2.24, 2.45) is 0 Å². The van der Waals surface area contributed by atoms with E-state index in [1.807, 2.05) is 18.2 Å². The largest absolute Gasteiger partial charge is 0.494 e. The van der Waals surface area contributed by atoms with Gasteiger partial charge in [-0.1, -0.05) is 38.1 Å². The van der Waals surface area contributed by atoms with Crippen LogP contribution in [0.2, 0.25) is 0 Å². The number of benzene rings is 3. The van der Waals surface area contributed by atoms with E-state index in [4.69, 9.17) is 9.72 Å². The summed E-state index contributed by atoms with van der Waals surface area (Å²) in [6.45, 7) is 6.39. The Kier molecular flexibility index (Phi) is 8.71. The van der Waals surface area contributed by atoms with Gasteiger partial charge < -0.3 is 14.6 Å². The van der Waals surface area contributed by atoms with Crippen molar-refractivity contribution in [2.75, 3.05) is 13.2 Å². The normalized spacial score (nSPS) is 12.0. The Morgan fingerprint density at radius 3 is 2.53 bits per heavy atom. The van der Waals surface area contributed by atoms with Gasteiger partial charge in [-0.25, -0.2) is 9.37 Å². The molecule has 36 heavy (non-hydrogen) atoms. The van der Waals surface area contributed by atoms with Crippen LogP contribution in [0.25, 0.3) is 11.0 Å². The molecule has 0 aliphatic rings. The van der Waals surface area contributed by atoms with Gasteiger partial charge in [0.15, 0.2) is 0 Å². The summed E-state index contributed by atoms with van der Waals surface area (Å²) in [6.07, 6.45) is 3.63. The molecular formula is C30H34FN3O2. The fraction of sp³-hybridized carbons (Fsp3) is 0.333. The number of nitrogens with one attached hydrogen (secondary N) is 1. The lowest BCUT2D eigenvalue weighted by atomic mass is 9.99. The quantitative estimate of drug-likeness (QED) is 0.232. The van der Waals surface area contributed by atoms with Crippen molar-refractivity contribution in [2.45, 2.75) is 52.0 Å². The van der Waals surface area contributed by atoms with Crippen molar-refractivity contribution < 1.29 is 13.9 Å². The van der Waals surface area contributed by atoms with Crippen LogP contribution in [-0.4, -0.2) is 28.6 Å². The van der Waals surface area contributed by atoms with Crippen LogP contribution in [0.3, 0.4) is 0 Å². The molecule has 0 saturated heterocycles. The van der Waals surface area contributed by atoms with Gasteiger partial charge in [-0.15, -0.1) is 0 Å². The number of carbonyl (C=O) groups is 1. The minimum atomic E-state index is -0.356. The highest BCUT2D eigenvalue weighted by Gasteiger charge is 2.12. The summed E-state index contributed by atoms with van der Waals surface area (Å²) in [5.41, 5.74) is 3.84. The second-order valence-electron chi connectivity index (χ2n) is 9.12. The molecule has 0 aliphatic carbocycles. The summed E-state index contributed by atoms with van der Waals surface area (Å²) in [6, 6.07) is 22.1. The molecule has 0 fully saturated rings. The van der Waals surface area contributed by atoms with E-state index < -0.39 is 0 Å². The lowest BCUT2D eigenvalue weighted by Crippen LogP contribution is -2.26. The van der Waals surface area contributed by atoms with E-state index in [2.05, 4.69) is 54.1 Å². The minimum Gasteiger partial charge on any atom is -0.494 e. The van der Waals surface area contributed by atoms with Crippen molar-refractivity contribution in [3.05, 3.63) is 95.6 Å². The summed E-state index contributed by atoms with van der Waals surface area (Å²) in [5, 5.41) is 2.91. The Morgan fingerprint density at radius 1 is 1.03 bits per heavy atom. The van der Waals surface area contributed by atoms with Crippen LogP contribution in [0.15, 0.2) is 72.8 Å². The third kappa shape index (κ3) is 6.51. The number of rotatable bonds is 12. The molecule has 1 N–H and O–H groups in total. The van der Waals surface area contributed by atoms with E-state index in [1.54, 1.807) is 0 Å². The third-order valence-electron chi connectivity index (χ3n) is 6.58. The summed E-state index contributed by atoms with van der Waals surface area (Å²) in [7, 11) is 0. The first-order valence-corrected chi connectivity index (χ1v) is 12.8. The molecule has 1 atom stereocenters. The number of ether oxygens (including phenoxy) is 1. The Bertz CT molecular complexity index is 1270. The highest BCUT2D eigenvalue weighted by atomic mass is 19.1. The number of para-hydroxylation sites is 2. The van der Waals surface area contributed by atoms with E-state index in [9.17, 15) is 9.18 Å². The van der Waals surface area contributed by atoms with Gasteiger partial charge >= 0.3 is 0 Å². The monoisotopic (exact) mass is 487 g/mol. The van der Waals surface area contributed by atoms with Crippen molar-refractivity contribution in [1.29, 1.82) is 0 Å². The smallest absolute Gasteiger partial charge is 0.251 e. The van der Waals surface area contributed by atoms with Crippen molar-refractivity contribution in [3.8, 4) is 5.75 Å². The van der Waals surface area contributed by atoms with Crippen molar-refractivity contribution >= 4 is 16.9 Å². The van der Waals surface area contributed by atoms with E-state index in [1.165, 1.54) is 29.8 Å². The van der Waals surface area contributed by atoms with Gasteiger partial charge in [0.05, 0.1) is 17.6 Å². The molecule has 0 spiro atoms. The first-order chi connectivity index (χ1) is 17.5. The maximum Gasteiger partial charge on any atom is 0.251 e. The standard InChI is InChI=1S/C30H34FN3O2/c1-3-22(2)23-12-16-26(17-13-23)36-21-7-6-20-34-28-9-5-4-8-27(28)33-29(34)18-19-32-30(35)24-10-14-25(31)15-11-24/h4-5,8-17,22H,3,6-7,18-21H2,1-2H3,(H,32,35). The first-order valence-electron chi connectivity index (χ1n) is 12.8. The topological polar surface area (TPSA) is 56.1 Å². The second kappa shape index (κ2) is 12.3. The fourth-order valence-corrected chi connectivity index (χ4v) is 4.25. The lowest BCUT2D eigenvalue weighted by Gasteiger charge is -2.12. The number of unbranched alkanes of at least 4 members (excludes halogenated alkanes) is 1. The zero-order valence-corrected chi connectivity index (χ0v) is 21.0. The zero-order chi connectivity index (χ0) is 25.3. The molecule has 6 heteroatoms. The SMILES string of the molecule is CCC(C)c1ccc(OCCCCn2c(CCNC(=O)c3ccc(F)cc3)nc3ccccc32)cc1. The molecule has 1 heterocycles. The number of aryl methyl sites for hydroxylation is 1. The zero-order valence-electron chi connectivity index (χ0n) is 21.0. The number of hydrogen-bond acceptors (Lipinski definition) is 3. The van der Waals surface area contributed by atoms with Crippen LogP contribution < -0.4 is 10.1 Å². The maximum atomic E-state index is 13.1. The van der Waals surface area contributed by atoms with Gasteiger partial charge in [-0.2, -0.15) is 0 Å². The van der Waals surface area contributed by atoms with Crippen LogP contribution in [0.4, 0.5) is 4.39 Å². The molecule has 1 amide bonds. The van der Waals surface area contributed by atoms with E-state index in [0.717, 1.165) is 48.4 Å². The molecule has 1 aromatic heterocycles. The molecule has 0 saturated carbocycles. The maximum absolute atomic E-state index is 13.1. The molecular weight excluding hydrogens is 453 g/mol. The van der Waals surface area contributed by atoms with Crippen LogP contribution in [0.5, 0.6) is 5.75 Å². The molecule has 0 bridgehead atoms. The molecule has 0 radical (unpaired) electrons. The van der Waals surface area contributed by atoms with Gasteiger partial charge in [-0.3, -0.25) is 4.79 Å². The van der Waals surface area contributed by atoms with Crippen LogP contribution in [-0.2, 0) is 13.0 Å². The Morgan fingerprint density at radius 2 is 1.78 bits per heavy atom. The van der Waals surface area contributed by atoms with E-state index >= 15 is 0 Å². The highest BCUT2D eigenvalue weighted by Crippen LogP contribution is 2.22. The van der Waals surface area contributed by atoms with E-state index in [0.29, 0.717) is 31.1 Å². The van der Waals surface area contributed by atoms with Gasteiger partial charge in [0, 0.05) is 25.1 Å². The minimum absolute atomic E-state index is 0.216. The average Bonchev–Trinajstić information content (AvgIpc) is 3.26. The predicted octanol–water partition coefficient (Wildman–Crippen LogP) is 6.52. The second-order valence-corrected chi connectivity index (χ2v) is 9.12. The Hall–Kier alpha value is -3.67. The van der Waals surface area contributed by atoms with Gasteiger partial charge in [0.1, 0.15) is 17.4 Å². The number of aromatic nitrogens is 2. The molecule has 3 aromatic carbocycles. The molecule has 1 unspecified atom stereocenters. The number of halogens is 1. The average molecular weight is 488 g/mol. The van der Waals surface area contributed by atoms with Crippen LogP contribution >= 0.6 is 0 Å². The number of fused-ring (bicyclic) bond motifs is 1. The number of carbonyl (C=O) groups excluding carboxylic acids is 1. The predicted molar refractivity (Wildman–Crippen MR) is 142 cm³/mol. The first kappa shape index (κ1) is 25.4. The Labute approximate surface area is 212 Å². The van der Waals surface area contributed by atoms with Crippen molar-refractivity contribution in [3.63, 3.8) is 0 Å². The Balaban J connectivity index is 1.29. The van der Waals surface area contributed by atoms with Gasteiger partial charge in [0.25, 0.3) is 5.91 Å². The highest BCUT2D eigenvalue weighted by molar-refractivity contribution is 5.94. The molecule has 4 aromatic rings. The summed E-state index contributed by atoms with van der Waals surface area (Å²) < 4.78 is 21.3.